The molecule has 1 aliphatic rings. The molecular weight excluding hydrogens is 333 g/mol. The number of carbonyl (C=O) groups excluding carboxylic acids is 1. The topological polar surface area (TPSA) is 53.6 Å². The molecule has 1 aliphatic heterocycles. The van der Waals surface area contributed by atoms with Crippen LogP contribution >= 0.6 is 0 Å². The van der Waals surface area contributed by atoms with E-state index in [1.165, 1.54) is 12.1 Å². The molecule has 2 N–H and O–H groups in total. The first-order valence-electron chi connectivity index (χ1n) is 8.78. The summed E-state index contributed by atoms with van der Waals surface area (Å²) in [5, 5.41) is 0. The van der Waals surface area contributed by atoms with E-state index in [1.807, 2.05) is 24.3 Å². The molecule has 0 radical (unpaired) electrons. The number of hydrogen-bond donors (Lipinski definition) is 2. The lowest BCUT2D eigenvalue weighted by molar-refractivity contribution is -0.0704. The second-order valence-electron chi connectivity index (χ2n) is 6.73. The Morgan fingerprint density at radius 2 is 1.69 bits per heavy atom. The lowest BCUT2D eigenvalue weighted by atomic mass is 10.1. The summed E-state index contributed by atoms with van der Waals surface area (Å²) in [7, 11) is 0. The number of amides is 1. The van der Waals surface area contributed by atoms with Gasteiger partial charge in [0.15, 0.2) is 0 Å². The smallest absolute Gasteiger partial charge is 0.269 e. The van der Waals surface area contributed by atoms with Crippen LogP contribution in [-0.2, 0) is 11.3 Å². The van der Waals surface area contributed by atoms with Crippen molar-refractivity contribution in [3.05, 3.63) is 65.5 Å². The first-order chi connectivity index (χ1) is 12.5. The van der Waals surface area contributed by atoms with Crippen LogP contribution < -0.4 is 10.9 Å². The van der Waals surface area contributed by atoms with Gasteiger partial charge in [-0.1, -0.05) is 12.1 Å². The molecule has 3 rings (SSSR count). The molecule has 1 fully saturated rings. The Bertz CT molecular complexity index is 724. The molecule has 0 saturated carbocycles. The number of nitrogens with one attached hydrogen (secondary N) is 2. The second-order valence-corrected chi connectivity index (χ2v) is 6.73. The zero-order valence-electron chi connectivity index (χ0n) is 15.0. The van der Waals surface area contributed by atoms with Crippen LogP contribution in [0.4, 0.5) is 10.1 Å². The van der Waals surface area contributed by atoms with Gasteiger partial charge in [-0.3, -0.25) is 20.5 Å². The maximum Gasteiger partial charge on any atom is 0.269 e. The fraction of sp³-hybridized carbons (Fsp3) is 0.350. The summed E-state index contributed by atoms with van der Waals surface area (Å²) < 4.78 is 18.6. The molecule has 0 bridgehead atoms. The molecule has 26 heavy (non-hydrogen) atoms. The normalized spacial score (nSPS) is 20.6. The standard InChI is InChI=1S/C20H24FN3O2/c1-14-11-24(12-15(2)26-14)13-16-3-5-17(6-4-16)20(25)23-22-19-9-7-18(21)8-10-19/h3-10,14-15,22H,11-13H2,1-2H3,(H,23,25)/t14-,15-/m1/s1. The minimum atomic E-state index is -0.318. The van der Waals surface area contributed by atoms with Crippen molar-refractivity contribution in [1.82, 2.24) is 10.3 Å². The highest BCUT2D eigenvalue weighted by atomic mass is 19.1. The molecule has 1 amide bonds. The zero-order chi connectivity index (χ0) is 18.5. The lowest BCUT2D eigenvalue weighted by Gasteiger charge is -2.35. The van der Waals surface area contributed by atoms with Gasteiger partial charge in [-0.2, -0.15) is 0 Å². The Morgan fingerprint density at radius 1 is 1.08 bits per heavy atom. The maximum atomic E-state index is 12.9. The van der Waals surface area contributed by atoms with E-state index in [0.717, 1.165) is 25.2 Å². The average molecular weight is 357 g/mol. The van der Waals surface area contributed by atoms with Crippen LogP contribution in [0.25, 0.3) is 0 Å². The van der Waals surface area contributed by atoms with E-state index in [-0.39, 0.29) is 23.9 Å². The monoisotopic (exact) mass is 357 g/mol. The van der Waals surface area contributed by atoms with Crippen LogP contribution in [0.5, 0.6) is 0 Å². The molecule has 0 aliphatic carbocycles. The van der Waals surface area contributed by atoms with Crippen molar-refractivity contribution in [2.75, 3.05) is 18.5 Å². The van der Waals surface area contributed by atoms with Crippen LogP contribution in [0.2, 0.25) is 0 Å². The van der Waals surface area contributed by atoms with Crippen molar-refractivity contribution in [3.8, 4) is 0 Å². The summed E-state index contributed by atoms with van der Waals surface area (Å²) in [6.07, 6.45) is 0.475. The van der Waals surface area contributed by atoms with Crippen LogP contribution in [0.1, 0.15) is 29.8 Å². The molecule has 1 saturated heterocycles. The largest absolute Gasteiger partial charge is 0.373 e. The van der Waals surface area contributed by atoms with E-state index < -0.39 is 0 Å². The number of anilines is 1. The summed E-state index contributed by atoms with van der Waals surface area (Å²) >= 11 is 0. The highest BCUT2D eigenvalue weighted by Gasteiger charge is 2.22. The fourth-order valence-corrected chi connectivity index (χ4v) is 3.17. The summed E-state index contributed by atoms with van der Waals surface area (Å²) in [4.78, 5) is 14.6. The number of nitrogens with zero attached hydrogens (tertiary/aromatic N) is 1. The molecule has 2 aromatic carbocycles. The summed E-state index contributed by atoms with van der Waals surface area (Å²) in [5.41, 5.74) is 7.72. The Balaban J connectivity index is 1.53. The number of benzene rings is 2. The van der Waals surface area contributed by atoms with Crippen molar-refractivity contribution in [2.24, 2.45) is 0 Å². The zero-order valence-corrected chi connectivity index (χ0v) is 15.0. The highest BCUT2D eigenvalue weighted by Crippen LogP contribution is 2.15. The van der Waals surface area contributed by atoms with Crippen molar-refractivity contribution >= 4 is 11.6 Å². The molecule has 2 aromatic rings. The Hall–Kier alpha value is -2.44. The van der Waals surface area contributed by atoms with Crippen molar-refractivity contribution in [3.63, 3.8) is 0 Å². The summed E-state index contributed by atoms with van der Waals surface area (Å²) in [6.45, 7) is 6.84. The van der Waals surface area contributed by atoms with Gasteiger partial charge in [0.1, 0.15) is 5.82 Å². The quantitative estimate of drug-likeness (QED) is 0.807. The van der Waals surface area contributed by atoms with Gasteiger partial charge in [0.25, 0.3) is 5.91 Å². The fourth-order valence-electron chi connectivity index (χ4n) is 3.17. The number of rotatable bonds is 5. The van der Waals surface area contributed by atoms with Crippen LogP contribution in [-0.4, -0.2) is 36.1 Å². The van der Waals surface area contributed by atoms with E-state index in [2.05, 4.69) is 29.6 Å². The number of halogens is 1. The average Bonchev–Trinajstić information content (AvgIpc) is 2.61. The lowest BCUT2D eigenvalue weighted by Crippen LogP contribution is -2.44. The number of hydrazine groups is 1. The third-order valence-electron chi connectivity index (χ3n) is 4.28. The van der Waals surface area contributed by atoms with Crippen LogP contribution in [0, 0.1) is 5.82 Å². The number of carbonyl (C=O) groups is 1. The number of ether oxygens (including phenoxy) is 1. The van der Waals surface area contributed by atoms with Crippen molar-refractivity contribution in [2.45, 2.75) is 32.6 Å². The molecule has 138 valence electrons. The Morgan fingerprint density at radius 3 is 2.31 bits per heavy atom. The molecule has 0 unspecified atom stereocenters. The van der Waals surface area contributed by atoms with Gasteiger partial charge in [-0.05, 0) is 55.8 Å². The first kappa shape index (κ1) is 18.4. The summed E-state index contributed by atoms with van der Waals surface area (Å²) in [5.74, 6) is -0.559. The van der Waals surface area contributed by atoms with Crippen LogP contribution in [0.3, 0.4) is 0 Å². The third kappa shape index (κ3) is 5.03. The van der Waals surface area contributed by atoms with E-state index in [4.69, 9.17) is 4.74 Å². The van der Waals surface area contributed by atoms with E-state index in [9.17, 15) is 9.18 Å². The predicted octanol–water partition coefficient (Wildman–Crippen LogP) is 3.19. The predicted molar refractivity (Wildman–Crippen MR) is 99.2 cm³/mol. The minimum absolute atomic E-state index is 0.237. The molecule has 5 nitrogen and oxygen atoms in total. The summed E-state index contributed by atoms with van der Waals surface area (Å²) in [6, 6.07) is 13.3. The van der Waals surface area contributed by atoms with Gasteiger partial charge in [-0.15, -0.1) is 0 Å². The van der Waals surface area contributed by atoms with Crippen molar-refractivity contribution < 1.29 is 13.9 Å². The SMILES string of the molecule is C[C@@H]1CN(Cc2ccc(C(=O)NNc3ccc(F)cc3)cc2)C[C@@H](C)O1. The van der Waals surface area contributed by atoms with Gasteiger partial charge in [-0.25, -0.2) is 4.39 Å². The first-order valence-corrected chi connectivity index (χ1v) is 8.78. The van der Waals surface area contributed by atoms with Gasteiger partial charge < -0.3 is 4.74 Å². The molecule has 0 aromatic heterocycles. The van der Waals surface area contributed by atoms with Gasteiger partial charge in [0.05, 0.1) is 17.9 Å². The maximum absolute atomic E-state index is 12.9. The molecular formula is C20H24FN3O2. The minimum Gasteiger partial charge on any atom is -0.373 e. The molecule has 2 atom stereocenters. The van der Waals surface area contributed by atoms with Gasteiger partial charge in [0.2, 0.25) is 0 Å². The van der Waals surface area contributed by atoms with Gasteiger partial charge >= 0.3 is 0 Å². The number of hydrogen-bond acceptors (Lipinski definition) is 4. The molecule has 1 heterocycles. The van der Waals surface area contributed by atoms with Crippen LogP contribution in [0.15, 0.2) is 48.5 Å². The molecule has 0 spiro atoms. The van der Waals surface area contributed by atoms with Crippen molar-refractivity contribution in [1.29, 1.82) is 0 Å². The van der Waals surface area contributed by atoms with E-state index >= 15 is 0 Å². The second kappa shape index (κ2) is 8.29. The van der Waals surface area contributed by atoms with E-state index in [1.54, 1.807) is 12.1 Å². The Kier molecular flexibility index (Phi) is 5.85. The highest BCUT2D eigenvalue weighted by molar-refractivity contribution is 5.94. The van der Waals surface area contributed by atoms with Gasteiger partial charge in [0, 0.05) is 25.2 Å². The number of morpholine rings is 1. The van der Waals surface area contributed by atoms with E-state index in [0.29, 0.717) is 11.3 Å². The Labute approximate surface area is 153 Å². The molecule has 6 heteroatoms. The third-order valence-corrected chi connectivity index (χ3v) is 4.28.